The SMILES string of the molecule is CC.CC.CCc1cc(C)c(C)c2cc(C=O)c(OS(=O)(=O)C(F)(F)F)cc12. The number of hydrogen-bond acceptors (Lipinski definition) is 4. The third kappa shape index (κ3) is 5.47. The molecule has 0 atom stereocenters. The number of carbonyl (C=O) groups excluding carboxylic acids is 1. The van der Waals surface area contributed by atoms with Crippen LogP contribution < -0.4 is 4.18 Å². The van der Waals surface area contributed by atoms with Gasteiger partial charge in [0, 0.05) is 0 Å². The van der Waals surface area contributed by atoms with E-state index < -0.39 is 21.4 Å². The van der Waals surface area contributed by atoms with Gasteiger partial charge < -0.3 is 4.18 Å². The number of hydrogen-bond donors (Lipinski definition) is 0. The first-order chi connectivity index (χ1) is 13.0. The monoisotopic (exact) mass is 420 g/mol. The fraction of sp³-hybridized carbons (Fsp3) is 0.450. The predicted molar refractivity (Wildman–Crippen MR) is 106 cm³/mol. The summed E-state index contributed by atoms with van der Waals surface area (Å²) >= 11 is 0. The molecule has 0 radical (unpaired) electrons. The number of aryl methyl sites for hydroxylation is 3. The van der Waals surface area contributed by atoms with Gasteiger partial charge in [0.15, 0.2) is 12.0 Å². The third-order valence-electron chi connectivity index (χ3n) is 3.87. The maximum absolute atomic E-state index is 12.5. The molecule has 28 heavy (non-hydrogen) atoms. The lowest BCUT2D eigenvalue weighted by atomic mass is 9.93. The van der Waals surface area contributed by atoms with Crippen molar-refractivity contribution in [2.45, 2.75) is 60.4 Å². The largest absolute Gasteiger partial charge is 0.534 e. The van der Waals surface area contributed by atoms with Gasteiger partial charge in [0.25, 0.3) is 0 Å². The highest BCUT2D eigenvalue weighted by molar-refractivity contribution is 7.88. The van der Waals surface area contributed by atoms with Crippen LogP contribution in [0.5, 0.6) is 5.75 Å². The summed E-state index contributed by atoms with van der Waals surface area (Å²) in [6.07, 6.45) is 0.859. The van der Waals surface area contributed by atoms with E-state index in [0.29, 0.717) is 17.2 Å². The lowest BCUT2D eigenvalue weighted by molar-refractivity contribution is -0.0500. The van der Waals surface area contributed by atoms with Gasteiger partial charge in [-0.25, -0.2) is 0 Å². The van der Waals surface area contributed by atoms with Crippen LogP contribution >= 0.6 is 0 Å². The van der Waals surface area contributed by atoms with Crippen molar-refractivity contribution in [3.8, 4) is 5.75 Å². The van der Waals surface area contributed by atoms with E-state index in [1.807, 2.05) is 54.5 Å². The van der Waals surface area contributed by atoms with Gasteiger partial charge in [-0.05, 0) is 59.9 Å². The Balaban J connectivity index is 0.00000171. The first-order valence-electron chi connectivity index (χ1n) is 9.04. The molecular weight excluding hydrogens is 393 g/mol. The summed E-state index contributed by atoms with van der Waals surface area (Å²) in [5.41, 5.74) is -3.19. The Bertz CT molecular complexity index is 917. The first-order valence-corrected chi connectivity index (χ1v) is 10.5. The molecule has 0 aliphatic heterocycles. The molecule has 0 aromatic heterocycles. The van der Waals surface area contributed by atoms with E-state index in [9.17, 15) is 26.4 Å². The summed E-state index contributed by atoms with van der Waals surface area (Å²) in [5.74, 6) is -0.632. The number of aldehydes is 1. The van der Waals surface area contributed by atoms with E-state index in [-0.39, 0.29) is 11.8 Å². The minimum Gasteiger partial charge on any atom is -0.375 e. The molecule has 0 spiro atoms. The van der Waals surface area contributed by atoms with E-state index >= 15 is 0 Å². The number of rotatable bonds is 4. The molecule has 0 amide bonds. The van der Waals surface area contributed by atoms with Gasteiger partial charge in [0.1, 0.15) is 0 Å². The molecule has 0 aliphatic carbocycles. The highest BCUT2D eigenvalue weighted by Crippen LogP contribution is 2.34. The Labute approximate surface area is 164 Å². The van der Waals surface area contributed by atoms with Crippen LogP contribution in [0, 0.1) is 13.8 Å². The summed E-state index contributed by atoms with van der Waals surface area (Å²) < 4.78 is 64.2. The van der Waals surface area contributed by atoms with Crippen LogP contribution in [-0.2, 0) is 16.5 Å². The number of halogens is 3. The van der Waals surface area contributed by atoms with Crippen molar-refractivity contribution in [1.82, 2.24) is 0 Å². The second-order valence-electron chi connectivity index (χ2n) is 5.37. The zero-order valence-electron chi connectivity index (χ0n) is 17.2. The normalized spacial score (nSPS) is 11.1. The van der Waals surface area contributed by atoms with E-state index in [4.69, 9.17) is 0 Å². The van der Waals surface area contributed by atoms with Crippen molar-refractivity contribution in [2.75, 3.05) is 0 Å². The lowest BCUT2D eigenvalue weighted by Gasteiger charge is -2.15. The molecule has 4 nitrogen and oxygen atoms in total. The van der Waals surface area contributed by atoms with Crippen LogP contribution in [0.3, 0.4) is 0 Å². The molecule has 0 fully saturated rings. The van der Waals surface area contributed by atoms with Gasteiger partial charge in [-0.15, -0.1) is 0 Å². The van der Waals surface area contributed by atoms with Crippen LogP contribution in [0.25, 0.3) is 10.8 Å². The van der Waals surface area contributed by atoms with E-state index in [0.717, 1.165) is 16.7 Å². The Hall–Kier alpha value is -2.09. The van der Waals surface area contributed by atoms with Crippen molar-refractivity contribution in [3.63, 3.8) is 0 Å². The average molecular weight is 420 g/mol. The highest BCUT2D eigenvalue weighted by atomic mass is 32.2. The molecule has 8 heteroatoms. The average Bonchev–Trinajstić information content (AvgIpc) is 2.66. The van der Waals surface area contributed by atoms with Crippen LogP contribution in [0.2, 0.25) is 0 Å². The molecule has 0 N–H and O–H groups in total. The fourth-order valence-electron chi connectivity index (χ4n) is 2.45. The molecule has 2 rings (SSSR count). The second kappa shape index (κ2) is 10.5. The molecule has 0 bridgehead atoms. The van der Waals surface area contributed by atoms with Crippen molar-refractivity contribution < 1.29 is 30.6 Å². The molecule has 2 aromatic carbocycles. The number of benzene rings is 2. The maximum atomic E-state index is 12.5. The number of alkyl halides is 3. The Morgan fingerprint density at radius 2 is 1.54 bits per heavy atom. The molecule has 0 heterocycles. The van der Waals surface area contributed by atoms with Crippen molar-refractivity contribution >= 4 is 27.2 Å². The zero-order chi connectivity index (χ0) is 22.3. The van der Waals surface area contributed by atoms with Crippen LogP contribution in [-0.4, -0.2) is 20.2 Å². The molecular formula is C20H27F3O4S. The zero-order valence-corrected chi connectivity index (χ0v) is 18.0. The smallest absolute Gasteiger partial charge is 0.375 e. The minimum absolute atomic E-state index is 0.258. The summed E-state index contributed by atoms with van der Waals surface area (Å²) in [5, 5.41) is 1.23. The molecule has 0 saturated carbocycles. The van der Waals surface area contributed by atoms with Gasteiger partial charge in [-0.3, -0.25) is 4.79 Å². The topological polar surface area (TPSA) is 60.4 Å². The van der Waals surface area contributed by atoms with Crippen LogP contribution in [0.15, 0.2) is 18.2 Å². The predicted octanol–water partition coefficient (Wildman–Crippen LogP) is 6.11. The second-order valence-corrected chi connectivity index (χ2v) is 6.91. The van der Waals surface area contributed by atoms with Crippen molar-refractivity contribution in [3.05, 3.63) is 40.5 Å². The standard InChI is InChI=1S/C16H15F3O4S.2C2H6/c1-4-11-5-9(2)10(3)13-6-12(8-20)15(7-14(11)13)23-24(21,22)16(17,18)19;2*1-2/h5-8H,4H2,1-3H3;2*1-2H3. The third-order valence-corrected chi connectivity index (χ3v) is 4.84. The molecule has 2 aromatic rings. The summed E-state index contributed by atoms with van der Waals surface area (Å²) in [6, 6.07) is 4.40. The Morgan fingerprint density at radius 1 is 1.00 bits per heavy atom. The van der Waals surface area contributed by atoms with Gasteiger partial charge in [0.2, 0.25) is 0 Å². The Kier molecular flexibility index (Phi) is 9.67. The number of fused-ring (bicyclic) bond motifs is 1. The quantitative estimate of drug-likeness (QED) is 0.340. The summed E-state index contributed by atoms with van der Waals surface area (Å²) in [6.45, 7) is 13.6. The maximum Gasteiger partial charge on any atom is 0.534 e. The molecule has 0 unspecified atom stereocenters. The van der Waals surface area contributed by atoms with Crippen LogP contribution in [0.4, 0.5) is 13.2 Å². The minimum atomic E-state index is -5.85. The van der Waals surface area contributed by atoms with Gasteiger partial charge >= 0.3 is 15.6 Å². The molecule has 0 aliphatic rings. The fourth-order valence-corrected chi connectivity index (χ4v) is 2.93. The van der Waals surface area contributed by atoms with E-state index in [2.05, 4.69) is 4.18 Å². The van der Waals surface area contributed by atoms with Gasteiger partial charge in [-0.2, -0.15) is 21.6 Å². The van der Waals surface area contributed by atoms with E-state index in [1.54, 1.807) is 0 Å². The first kappa shape index (κ1) is 25.9. The van der Waals surface area contributed by atoms with Crippen molar-refractivity contribution in [2.24, 2.45) is 0 Å². The van der Waals surface area contributed by atoms with Crippen LogP contribution in [0.1, 0.15) is 61.7 Å². The lowest BCUT2D eigenvalue weighted by Crippen LogP contribution is -2.28. The number of carbonyl (C=O) groups is 1. The Morgan fingerprint density at radius 3 is 1.96 bits per heavy atom. The highest BCUT2D eigenvalue weighted by Gasteiger charge is 2.48. The van der Waals surface area contributed by atoms with Crippen molar-refractivity contribution in [1.29, 1.82) is 0 Å². The molecule has 0 saturated heterocycles. The van der Waals surface area contributed by atoms with Gasteiger partial charge in [0.05, 0.1) is 5.56 Å². The summed E-state index contributed by atoms with van der Waals surface area (Å²) in [7, 11) is -5.85. The molecule has 158 valence electrons. The van der Waals surface area contributed by atoms with Gasteiger partial charge in [-0.1, -0.05) is 40.7 Å². The van der Waals surface area contributed by atoms with E-state index in [1.165, 1.54) is 12.1 Å². The summed E-state index contributed by atoms with van der Waals surface area (Å²) in [4.78, 5) is 11.2.